The van der Waals surface area contributed by atoms with Crippen LogP contribution >= 0.6 is 0 Å². The van der Waals surface area contributed by atoms with E-state index < -0.39 is 0 Å². The van der Waals surface area contributed by atoms with E-state index in [2.05, 4.69) is 25.2 Å². The molecule has 1 N–H and O–H groups in total. The Hall–Kier alpha value is -1.26. The molecular weight excluding hydrogens is 254 g/mol. The predicted molar refractivity (Wildman–Crippen MR) is 79.8 cm³/mol. The van der Waals surface area contributed by atoms with Gasteiger partial charge in [-0.1, -0.05) is 6.92 Å². The fourth-order valence-electron chi connectivity index (χ4n) is 2.83. The summed E-state index contributed by atoms with van der Waals surface area (Å²) < 4.78 is 16.9. The number of rotatable bonds is 5. The Kier molecular flexibility index (Phi) is 5.26. The van der Waals surface area contributed by atoms with Gasteiger partial charge < -0.3 is 19.5 Å². The number of fused-ring (bicyclic) bond motifs is 1. The highest BCUT2D eigenvalue weighted by Gasteiger charge is 2.26. The van der Waals surface area contributed by atoms with Gasteiger partial charge in [-0.05, 0) is 43.5 Å². The molecule has 2 rings (SSSR count). The quantitative estimate of drug-likeness (QED) is 0.899. The molecule has 1 aromatic carbocycles. The highest BCUT2D eigenvalue weighted by atomic mass is 16.5. The van der Waals surface area contributed by atoms with Gasteiger partial charge in [0, 0.05) is 5.56 Å². The van der Waals surface area contributed by atoms with Crippen molar-refractivity contribution in [3.63, 3.8) is 0 Å². The minimum atomic E-state index is 0.163. The molecule has 1 heterocycles. The summed E-state index contributed by atoms with van der Waals surface area (Å²) in [5.41, 5.74) is 3.77. The van der Waals surface area contributed by atoms with Crippen LogP contribution in [0.5, 0.6) is 11.5 Å². The summed E-state index contributed by atoms with van der Waals surface area (Å²) in [5, 5.41) is 3.56. The predicted octanol–water partition coefficient (Wildman–Crippen LogP) is 2.63. The highest BCUT2D eigenvalue weighted by Crippen LogP contribution is 2.40. The molecule has 0 amide bonds. The lowest BCUT2D eigenvalue weighted by atomic mass is 9.93. The third-order valence-electron chi connectivity index (χ3n) is 3.81. The Bertz CT molecular complexity index is 460. The molecule has 0 fully saturated rings. The summed E-state index contributed by atoms with van der Waals surface area (Å²) in [6, 6.07) is 2.22. The molecule has 1 unspecified atom stereocenters. The van der Waals surface area contributed by atoms with Crippen molar-refractivity contribution in [2.24, 2.45) is 0 Å². The lowest BCUT2D eigenvalue weighted by Crippen LogP contribution is -2.26. The molecule has 0 aromatic heterocycles. The first-order valence-corrected chi connectivity index (χ1v) is 7.28. The topological polar surface area (TPSA) is 39.7 Å². The van der Waals surface area contributed by atoms with Gasteiger partial charge >= 0.3 is 0 Å². The van der Waals surface area contributed by atoms with Crippen LogP contribution in [0.25, 0.3) is 0 Å². The van der Waals surface area contributed by atoms with Crippen molar-refractivity contribution in [1.29, 1.82) is 0 Å². The molecule has 0 saturated heterocycles. The highest BCUT2D eigenvalue weighted by molar-refractivity contribution is 5.56. The standard InChI is InChI=1S/C16H25NO3/c1-5-7-17-13-10-20-8-6-12-11(2)9-14(18-3)16(19-4)15(12)13/h9,13,17H,5-8,10H2,1-4H3. The first-order valence-electron chi connectivity index (χ1n) is 7.28. The maximum Gasteiger partial charge on any atom is 0.165 e. The molecule has 1 aromatic rings. The van der Waals surface area contributed by atoms with E-state index >= 15 is 0 Å². The van der Waals surface area contributed by atoms with E-state index in [9.17, 15) is 0 Å². The van der Waals surface area contributed by atoms with Crippen LogP contribution in [-0.4, -0.2) is 34.0 Å². The molecule has 0 spiro atoms. The largest absolute Gasteiger partial charge is 0.493 e. The molecular formula is C16H25NO3. The SMILES string of the molecule is CCCNC1COCCc2c(C)cc(OC)c(OC)c21. The maximum absolute atomic E-state index is 5.76. The minimum absolute atomic E-state index is 0.163. The summed E-state index contributed by atoms with van der Waals surface area (Å²) in [4.78, 5) is 0. The zero-order valence-electron chi connectivity index (χ0n) is 12.9. The Labute approximate surface area is 121 Å². The number of hydrogen-bond acceptors (Lipinski definition) is 4. The molecule has 4 heteroatoms. The average Bonchev–Trinajstić information content (AvgIpc) is 2.68. The van der Waals surface area contributed by atoms with Crippen molar-refractivity contribution in [1.82, 2.24) is 5.32 Å². The minimum Gasteiger partial charge on any atom is -0.493 e. The molecule has 0 saturated carbocycles. The first kappa shape index (κ1) is 15.1. The Morgan fingerprint density at radius 3 is 2.80 bits per heavy atom. The average molecular weight is 279 g/mol. The van der Waals surface area contributed by atoms with Crippen molar-refractivity contribution in [3.8, 4) is 11.5 Å². The summed E-state index contributed by atoms with van der Waals surface area (Å²) in [7, 11) is 3.39. The Morgan fingerprint density at radius 1 is 1.35 bits per heavy atom. The van der Waals surface area contributed by atoms with Crippen LogP contribution in [0.15, 0.2) is 6.07 Å². The molecule has 0 aliphatic carbocycles. The molecule has 112 valence electrons. The zero-order chi connectivity index (χ0) is 14.5. The van der Waals surface area contributed by atoms with Crippen molar-refractivity contribution < 1.29 is 14.2 Å². The van der Waals surface area contributed by atoms with E-state index in [0.29, 0.717) is 6.61 Å². The van der Waals surface area contributed by atoms with Gasteiger partial charge in [0.1, 0.15) is 0 Å². The van der Waals surface area contributed by atoms with Gasteiger partial charge in [-0.15, -0.1) is 0 Å². The van der Waals surface area contributed by atoms with Crippen molar-refractivity contribution in [3.05, 3.63) is 22.8 Å². The zero-order valence-corrected chi connectivity index (χ0v) is 12.9. The number of ether oxygens (including phenoxy) is 3. The Morgan fingerprint density at radius 2 is 2.15 bits per heavy atom. The number of aryl methyl sites for hydroxylation is 1. The molecule has 20 heavy (non-hydrogen) atoms. The summed E-state index contributed by atoms with van der Waals surface area (Å²) in [6.07, 6.45) is 2.02. The Balaban J connectivity index is 2.52. The molecule has 0 bridgehead atoms. The van der Waals surface area contributed by atoms with Crippen molar-refractivity contribution in [2.75, 3.05) is 34.0 Å². The van der Waals surface area contributed by atoms with Gasteiger partial charge in [-0.25, -0.2) is 0 Å². The normalized spacial score (nSPS) is 18.3. The summed E-state index contributed by atoms with van der Waals surface area (Å²) >= 11 is 0. The number of benzene rings is 1. The van der Waals surface area contributed by atoms with E-state index in [1.165, 1.54) is 16.7 Å². The van der Waals surface area contributed by atoms with Crippen LogP contribution in [0.3, 0.4) is 0 Å². The molecule has 1 atom stereocenters. The fourth-order valence-corrected chi connectivity index (χ4v) is 2.83. The third kappa shape index (κ3) is 2.91. The van der Waals surface area contributed by atoms with Gasteiger partial charge in [0.25, 0.3) is 0 Å². The van der Waals surface area contributed by atoms with Gasteiger partial charge in [-0.2, -0.15) is 0 Å². The van der Waals surface area contributed by atoms with E-state index in [-0.39, 0.29) is 6.04 Å². The molecule has 4 nitrogen and oxygen atoms in total. The van der Waals surface area contributed by atoms with E-state index in [4.69, 9.17) is 14.2 Å². The third-order valence-corrected chi connectivity index (χ3v) is 3.81. The fraction of sp³-hybridized carbons (Fsp3) is 0.625. The van der Waals surface area contributed by atoms with Gasteiger partial charge in [0.15, 0.2) is 11.5 Å². The number of nitrogens with one attached hydrogen (secondary N) is 1. The second kappa shape index (κ2) is 6.95. The first-order chi connectivity index (χ1) is 9.72. The summed E-state index contributed by atoms with van der Waals surface area (Å²) in [6.45, 7) is 6.69. The molecule has 1 aliphatic heterocycles. The monoisotopic (exact) mass is 279 g/mol. The smallest absolute Gasteiger partial charge is 0.165 e. The van der Waals surface area contributed by atoms with Crippen molar-refractivity contribution in [2.45, 2.75) is 32.7 Å². The summed E-state index contributed by atoms with van der Waals surface area (Å²) in [5.74, 6) is 1.64. The van der Waals surface area contributed by atoms with Crippen LogP contribution in [0.4, 0.5) is 0 Å². The van der Waals surface area contributed by atoms with Crippen LogP contribution in [0, 0.1) is 6.92 Å². The lowest BCUT2D eigenvalue weighted by molar-refractivity contribution is 0.121. The number of hydrogen-bond donors (Lipinski definition) is 1. The molecule has 1 aliphatic rings. The lowest BCUT2D eigenvalue weighted by Gasteiger charge is -2.24. The van der Waals surface area contributed by atoms with Gasteiger partial charge in [0.05, 0.1) is 33.5 Å². The van der Waals surface area contributed by atoms with Crippen LogP contribution in [0.1, 0.15) is 36.1 Å². The second-order valence-corrected chi connectivity index (χ2v) is 5.15. The second-order valence-electron chi connectivity index (χ2n) is 5.15. The van der Waals surface area contributed by atoms with E-state index in [1.54, 1.807) is 14.2 Å². The van der Waals surface area contributed by atoms with Crippen molar-refractivity contribution >= 4 is 0 Å². The number of methoxy groups -OCH3 is 2. The van der Waals surface area contributed by atoms with Gasteiger partial charge in [-0.3, -0.25) is 0 Å². The van der Waals surface area contributed by atoms with Crippen LogP contribution in [-0.2, 0) is 11.2 Å². The van der Waals surface area contributed by atoms with Gasteiger partial charge in [0.2, 0.25) is 0 Å². The maximum atomic E-state index is 5.76. The van der Waals surface area contributed by atoms with E-state index in [0.717, 1.165) is 37.5 Å². The van der Waals surface area contributed by atoms with Crippen LogP contribution in [0.2, 0.25) is 0 Å². The van der Waals surface area contributed by atoms with Crippen LogP contribution < -0.4 is 14.8 Å². The van der Waals surface area contributed by atoms with E-state index in [1.807, 2.05) is 0 Å². The molecule has 0 radical (unpaired) electrons.